The molecule has 3 rings (SSSR count). The zero-order valence-corrected chi connectivity index (χ0v) is 17.3. The van der Waals surface area contributed by atoms with Gasteiger partial charge in [0.2, 0.25) is 0 Å². The number of tetrazole rings is 1. The number of carbonyl (C=O) groups is 1. The highest BCUT2D eigenvalue weighted by molar-refractivity contribution is 6.30. The Morgan fingerprint density at radius 2 is 1.83 bits per heavy atom. The monoisotopic (exact) mass is 431 g/mol. The van der Waals surface area contributed by atoms with Crippen molar-refractivity contribution in [2.75, 3.05) is 0 Å². The number of carboxylic acid groups (broad SMARTS) is 1. The number of rotatable bonds is 10. The number of carboxylic acids is 1. The average Bonchev–Trinajstić information content (AvgIpc) is 3.19. The second kappa shape index (κ2) is 10.3. The van der Waals surface area contributed by atoms with Crippen LogP contribution in [-0.2, 0) is 11.3 Å². The summed E-state index contributed by atoms with van der Waals surface area (Å²) in [6, 6.07) is 11.9. The van der Waals surface area contributed by atoms with Gasteiger partial charge in [-0.3, -0.25) is 10.1 Å². The van der Waals surface area contributed by atoms with Crippen LogP contribution < -0.4 is 5.32 Å². The second-order valence-corrected chi connectivity index (χ2v) is 7.40. The van der Waals surface area contributed by atoms with Gasteiger partial charge < -0.3 is 5.11 Å². The zero-order valence-electron chi connectivity index (χ0n) is 16.5. The van der Waals surface area contributed by atoms with E-state index in [-0.39, 0.29) is 12.2 Å². The molecule has 0 saturated carbocycles. The van der Waals surface area contributed by atoms with Crippen molar-refractivity contribution in [3.63, 3.8) is 0 Å². The summed E-state index contributed by atoms with van der Waals surface area (Å²) in [5, 5.41) is 25.5. The normalized spacial score (nSPS) is 13.2. The summed E-state index contributed by atoms with van der Waals surface area (Å²) in [4.78, 5) is 11.5. The summed E-state index contributed by atoms with van der Waals surface area (Å²) in [6.07, 6.45) is 1.70. The first-order valence-electron chi connectivity index (χ1n) is 9.72. The fourth-order valence-electron chi connectivity index (χ4n) is 3.20. The van der Waals surface area contributed by atoms with E-state index in [9.17, 15) is 14.3 Å². The van der Waals surface area contributed by atoms with Crippen LogP contribution in [-0.4, -0.2) is 31.3 Å². The number of halogens is 2. The van der Waals surface area contributed by atoms with Gasteiger partial charge in [-0.05, 0) is 52.2 Å². The lowest BCUT2D eigenvalue weighted by atomic mass is 9.99. The van der Waals surface area contributed by atoms with Crippen molar-refractivity contribution in [2.45, 2.75) is 44.8 Å². The Kier molecular flexibility index (Phi) is 7.48. The molecule has 2 aromatic carbocycles. The van der Waals surface area contributed by atoms with E-state index in [0.717, 1.165) is 18.4 Å². The van der Waals surface area contributed by atoms with E-state index in [2.05, 4.69) is 27.8 Å². The maximum absolute atomic E-state index is 13.4. The molecule has 1 aromatic heterocycles. The number of nitrogens with one attached hydrogen (secondary N) is 1. The third kappa shape index (κ3) is 5.61. The van der Waals surface area contributed by atoms with Gasteiger partial charge in [0.05, 0.1) is 12.5 Å². The third-order valence-corrected chi connectivity index (χ3v) is 5.02. The van der Waals surface area contributed by atoms with Crippen LogP contribution >= 0.6 is 11.6 Å². The Balaban J connectivity index is 1.99. The lowest BCUT2D eigenvalue weighted by Crippen LogP contribution is -2.31. The molecule has 0 radical (unpaired) electrons. The summed E-state index contributed by atoms with van der Waals surface area (Å²) in [5.41, 5.74) is 1.50. The van der Waals surface area contributed by atoms with Gasteiger partial charge in [0.25, 0.3) is 0 Å². The lowest BCUT2D eigenvalue weighted by molar-refractivity contribution is -0.137. The fourth-order valence-corrected chi connectivity index (χ4v) is 3.33. The summed E-state index contributed by atoms with van der Waals surface area (Å²) in [7, 11) is 0. The highest BCUT2D eigenvalue weighted by atomic mass is 35.5. The maximum Gasteiger partial charge on any atom is 0.305 e. The van der Waals surface area contributed by atoms with E-state index in [1.54, 1.807) is 28.9 Å². The minimum Gasteiger partial charge on any atom is -0.481 e. The molecule has 0 aliphatic rings. The molecule has 2 unspecified atom stereocenters. The number of benzene rings is 2. The molecule has 30 heavy (non-hydrogen) atoms. The van der Waals surface area contributed by atoms with E-state index >= 15 is 0 Å². The SMILES string of the molecule is CCCCn1nnnc1C(NC(CC(=O)O)c1ccc(F)cc1)c1ccc(Cl)cc1. The van der Waals surface area contributed by atoms with Crippen LogP contribution in [0.5, 0.6) is 0 Å². The van der Waals surface area contributed by atoms with Gasteiger partial charge >= 0.3 is 5.97 Å². The number of unbranched alkanes of at least 4 members (excludes halogenated alkanes) is 1. The maximum atomic E-state index is 13.4. The van der Waals surface area contributed by atoms with Crippen molar-refractivity contribution >= 4 is 17.6 Å². The molecular formula is C21H23ClFN5O2. The highest BCUT2D eigenvalue weighted by Gasteiger charge is 2.26. The number of hydrogen-bond acceptors (Lipinski definition) is 5. The van der Waals surface area contributed by atoms with Crippen molar-refractivity contribution in [3.8, 4) is 0 Å². The largest absolute Gasteiger partial charge is 0.481 e. The molecule has 0 aliphatic carbocycles. The second-order valence-electron chi connectivity index (χ2n) is 6.97. The molecule has 2 N–H and O–H groups in total. The minimum absolute atomic E-state index is 0.188. The summed E-state index contributed by atoms with van der Waals surface area (Å²) < 4.78 is 15.1. The standard InChI is InChI=1S/C21H23ClFN5O2/c1-2-3-12-28-21(25-26-27-28)20(15-4-8-16(22)9-5-15)24-18(13-19(29)30)14-6-10-17(23)11-7-14/h4-11,18,20,24H,2-3,12-13H2,1H3,(H,29,30). The van der Waals surface area contributed by atoms with Crippen LogP contribution in [0.4, 0.5) is 4.39 Å². The van der Waals surface area contributed by atoms with E-state index in [1.165, 1.54) is 12.1 Å². The number of aryl methyl sites for hydroxylation is 1. The Morgan fingerprint density at radius 1 is 1.17 bits per heavy atom. The van der Waals surface area contributed by atoms with Gasteiger partial charge in [-0.15, -0.1) is 5.10 Å². The summed E-state index contributed by atoms with van der Waals surface area (Å²) in [6.45, 7) is 2.72. The van der Waals surface area contributed by atoms with Gasteiger partial charge in [-0.25, -0.2) is 9.07 Å². The zero-order chi connectivity index (χ0) is 21.5. The van der Waals surface area contributed by atoms with Gasteiger partial charge in [0.15, 0.2) is 5.82 Å². The van der Waals surface area contributed by atoms with Crippen molar-refractivity contribution in [3.05, 3.63) is 76.3 Å². The molecule has 0 fully saturated rings. The summed E-state index contributed by atoms with van der Waals surface area (Å²) in [5.74, 6) is -0.786. The smallest absolute Gasteiger partial charge is 0.305 e. The lowest BCUT2D eigenvalue weighted by Gasteiger charge is -2.25. The molecule has 1 heterocycles. The Bertz CT molecular complexity index is 962. The predicted molar refractivity (Wildman–Crippen MR) is 111 cm³/mol. The molecule has 0 aliphatic heterocycles. The average molecular weight is 432 g/mol. The van der Waals surface area contributed by atoms with E-state index in [1.807, 2.05) is 12.1 Å². The highest BCUT2D eigenvalue weighted by Crippen LogP contribution is 2.28. The first-order chi connectivity index (χ1) is 14.5. The third-order valence-electron chi connectivity index (χ3n) is 4.76. The van der Waals surface area contributed by atoms with Gasteiger partial charge in [-0.1, -0.05) is 49.2 Å². The molecular weight excluding hydrogens is 409 g/mol. The van der Waals surface area contributed by atoms with Crippen LogP contribution in [0.25, 0.3) is 0 Å². The Morgan fingerprint density at radius 3 is 2.47 bits per heavy atom. The predicted octanol–water partition coefficient (Wildman–Crippen LogP) is 4.16. The number of aliphatic carboxylic acids is 1. The van der Waals surface area contributed by atoms with Crippen LogP contribution in [0.15, 0.2) is 48.5 Å². The molecule has 2 atom stereocenters. The van der Waals surface area contributed by atoms with Crippen molar-refractivity contribution in [2.24, 2.45) is 0 Å². The first kappa shape index (κ1) is 21.9. The number of aromatic nitrogens is 4. The number of hydrogen-bond donors (Lipinski definition) is 2. The van der Waals surface area contributed by atoms with E-state index in [0.29, 0.717) is 23.0 Å². The fraction of sp³-hybridized carbons (Fsp3) is 0.333. The quantitative estimate of drug-likeness (QED) is 0.500. The van der Waals surface area contributed by atoms with Gasteiger partial charge in [0.1, 0.15) is 5.82 Å². The first-order valence-corrected chi connectivity index (χ1v) is 10.1. The minimum atomic E-state index is -0.975. The van der Waals surface area contributed by atoms with Crippen molar-refractivity contribution < 1.29 is 14.3 Å². The Labute approximate surface area is 178 Å². The van der Waals surface area contributed by atoms with Crippen molar-refractivity contribution in [1.82, 2.24) is 25.5 Å². The molecule has 0 bridgehead atoms. The van der Waals surface area contributed by atoms with Crippen LogP contribution in [0.3, 0.4) is 0 Å². The van der Waals surface area contributed by atoms with Crippen LogP contribution in [0, 0.1) is 5.82 Å². The van der Waals surface area contributed by atoms with Crippen LogP contribution in [0.2, 0.25) is 5.02 Å². The Hall–Kier alpha value is -2.84. The number of nitrogens with zero attached hydrogens (tertiary/aromatic N) is 4. The molecule has 0 saturated heterocycles. The van der Waals surface area contributed by atoms with Gasteiger partial charge in [-0.2, -0.15) is 0 Å². The topological polar surface area (TPSA) is 92.9 Å². The van der Waals surface area contributed by atoms with Crippen LogP contribution in [0.1, 0.15) is 55.2 Å². The molecule has 9 heteroatoms. The molecule has 0 spiro atoms. The molecule has 3 aromatic rings. The molecule has 7 nitrogen and oxygen atoms in total. The van der Waals surface area contributed by atoms with E-state index in [4.69, 9.17) is 11.6 Å². The van der Waals surface area contributed by atoms with E-state index < -0.39 is 18.1 Å². The van der Waals surface area contributed by atoms with Crippen molar-refractivity contribution in [1.29, 1.82) is 0 Å². The molecule has 0 amide bonds. The van der Waals surface area contributed by atoms with Gasteiger partial charge in [0, 0.05) is 17.6 Å². The summed E-state index contributed by atoms with van der Waals surface area (Å²) >= 11 is 6.05. The molecule has 158 valence electrons.